The number of hydrogen-bond donors (Lipinski definition) is 7. The normalized spacial score (nSPS) is 26.7. The Labute approximate surface area is 179 Å². The lowest BCUT2D eigenvalue weighted by atomic mass is 10.0. The van der Waals surface area contributed by atoms with Crippen molar-refractivity contribution in [2.45, 2.75) is 37.0 Å². The number of anilines is 4. The van der Waals surface area contributed by atoms with E-state index >= 15 is 0 Å². The zero-order valence-electron chi connectivity index (χ0n) is 17.1. The van der Waals surface area contributed by atoms with Crippen LogP contribution in [0.4, 0.5) is 23.7 Å². The van der Waals surface area contributed by atoms with Gasteiger partial charge in [0, 0.05) is 50.3 Å². The first kappa shape index (κ1) is 21.2. The number of carbonyl (C=O) groups excluding carboxylic acids is 1. The number of carbonyl (C=O) groups is 1. The highest BCUT2D eigenvalue weighted by Gasteiger charge is 2.29. The van der Waals surface area contributed by atoms with Gasteiger partial charge in [0.2, 0.25) is 17.8 Å². The van der Waals surface area contributed by atoms with Crippen LogP contribution in [0.2, 0.25) is 0 Å². The van der Waals surface area contributed by atoms with E-state index in [0.717, 1.165) is 12.8 Å². The third-order valence-corrected chi connectivity index (χ3v) is 5.32. The summed E-state index contributed by atoms with van der Waals surface area (Å²) in [6, 6.07) is -0.370. The fourth-order valence-electron chi connectivity index (χ4n) is 4.06. The number of amides is 1. The molecular formula is C17H29N13O. The molecule has 2 fully saturated rings. The van der Waals surface area contributed by atoms with Crippen molar-refractivity contribution in [2.24, 2.45) is 28.7 Å². The summed E-state index contributed by atoms with van der Waals surface area (Å²) in [5.74, 6) is 0.601. The van der Waals surface area contributed by atoms with Gasteiger partial charge >= 0.3 is 0 Å². The standard InChI is InChI=1S/C17H29N13O/c18-8-1-9(19)4-29(3-8)16-26-15(25-14-12(13(22)31)23-7-24-14)27-17(28-16)30-5-10(20)2-11(21)6-30/h7-11H,1-6,18-21H2,(H2,22,31)(H,23,24)(H,25,26,27,28)/t8-,9+,10-,11+. The molecule has 2 aliphatic heterocycles. The molecule has 31 heavy (non-hydrogen) atoms. The molecule has 0 saturated carbocycles. The zero-order chi connectivity index (χ0) is 22.1. The highest BCUT2D eigenvalue weighted by atomic mass is 16.1. The molecule has 2 saturated heterocycles. The van der Waals surface area contributed by atoms with E-state index in [1.807, 2.05) is 9.80 Å². The molecular weight excluding hydrogens is 402 g/mol. The summed E-state index contributed by atoms with van der Waals surface area (Å²) in [5, 5.41) is 2.95. The van der Waals surface area contributed by atoms with Crippen LogP contribution in [0.15, 0.2) is 6.33 Å². The molecule has 0 aliphatic carbocycles. The van der Waals surface area contributed by atoms with Crippen LogP contribution in [0.25, 0.3) is 0 Å². The molecule has 4 atom stereocenters. The quantitative estimate of drug-likeness (QED) is 0.254. The minimum atomic E-state index is -0.657. The topological polar surface area (TPSA) is 233 Å². The van der Waals surface area contributed by atoms with E-state index in [4.69, 9.17) is 28.7 Å². The summed E-state index contributed by atoms with van der Waals surface area (Å²) in [6.07, 6.45) is 2.81. The molecule has 0 unspecified atom stereocenters. The Kier molecular flexibility index (Phi) is 5.86. The molecule has 4 rings (SSSR count). The average molecular weight is 432 g/mol. The minimum Gasteiger partial charge on any atom is -0.364 e. The molecule has 0 radical (unpaired) electrons. The maximum absolute atomic E-state index is 11.6. The molecule has 0 spiro atoms. The van der Waals surface area contributed by atoms with Crippen LogP contribution < -0.4 is 43.8 Å². The summed E-state index contributed by atoms with van der Waals surface area (Å²) in [5.41, 5.74) is 30.1. The molecule has 12 N–H and O–H groups in total. The van der Waals surface area contributed by atoms with Crippen LogP contribution in [0.1, 0.15) is 23.3 Å². The van der Waals surface area contributed by atoms with E-state index in [9.17, 15) is 4.79 Å². The number of aromatic nitrogens is 5. The Morgan fingerprint density at radius 2 is 1.39 bits per heavy atom. The summed E-state index contributed by atoms with van der Waals surface area (Å²) in [4.78, 5) is 36.0. The monoisotopic (exact) mass is 431 g/mol. The van der Waals surface area contributed by atoms with Crippen molar-refractivity contribution >= 4 is 29.6 Å². The van der Waals surface area contributed by atoms with Gasteiger partial charge in [-0.15, -0.1) is 0 Å². The Bertz CT molecular complexity index is 868. The van der Waals surface area contributed by atoms with Crippen molar-refractivity contribution in [2.75, 3.05) is 41.3 Å². The van der Waals surface area contributed by atoms with E-state index in [1.165, 1.54) is 6.33 Å². The molecule has 2 aromatic heterocycles. The van der Waals surface area contributed by atoms with Crippen molar-refractivity contribution in [1.29, 1.82) is 0 Å². The molecule has 4 heterocycles. The second-order valence-corrected chi connectivity index (χ2v) is 8.20. The van der Waals surface area contributed by atoms with Crippen LogP contribution in [0.5, 0.6) is 0 Å². The molecule has 1 amide bonds. The maximum atomic E-state index is 11.6. The maximum Gasteiger partial charge on any atom is 0.269 e. The highest BCUT2D eigenvalue weighted by Crippen LogP contribution is 2.24. The number of piperidine rings is 2. The lowest BCUT2D eigenvalue weighted by molar-refractivity contribution is 0.0997. The average Bonchev–Trinajstić information content (AvgIpc) is 3.14. The third kappa shape index (κ3) is 4.82. The summed E-state index contributed by atoms with van der Waals surface area (Å²) in [7, 11) is 0. The molecule has 14 heteroatoms. The Balaban J connectivity index is 1.69. The van der Waals surface area contributed by atoms with Gasteiger partial charge in [-0.2, -0.15) is 15.0 Å². The molecule has 2 aliphatic rings. The molecule has 0 aromatic carbocycles. The number of aromatic amines is 1. The third-order valence-electron chi connectivity index (χ3n) is 5.32. The lowest BCUT2D eigenvalue weighted by Gasteiger charge is -2.36. The van der Waals surface area contributed by atoms with Gasteiger partial charge in [-0.05, 0) is 12.8 Å². The smallest absolute Gasteiger partial charge is 0.269 e. The van der Waals surface area contributed by atoms with Gasteiger partial charge in [0.15, 0.2) is 5.82 Å². The van der Waals surface area contributed by atoms with Crippen LogP contribution in [0.3, 0.4) is 0 Å². The second kappa shape index (κ2) is 8.58. The van der Waals surface area contributed by atoms with E-state index in [2.05, 4.69) is 30.2 Å². The lowest BCUT2D eigenvalue weighted by Crippen LogP contribution is -2.54. The molecule has 168 valence electrons. The van der Waals surface area contributed by atoms with Gasteiger partial charge in [-0.25, -0.2) is 4.98 Å². The van der Waals surface area contributed by atoms with Crippen LogP contribution in [0, 0.1) is 0 Å². The Morgan fingerprint density at radius 1 is 0.903 bits per heavy atom. The molecule has 2 aromatic rings. The van der Waals surface area contributed by atoms with Gasteiger partial charge in [0.05, 0.1) is 6.33 Å². The van der Waals surface area contributed by atoms with Crippen molar-refractivity contribution in [3.8, 4) is 0 Å². The van der Waals surface area contributed by atoms with Crippen LogP contribution in [-0.2, 0) is 0 Å². The predicted octanol–water partition coefficient (Wildman–Crippen LogP) is -2.83. The van der Waals surface area contributed by atoms with Gasteiger partial charge in [0.1, 0.15) is 5.69 Å². The zero-order valence-corrected chi connectivity index (χ0v) is 17.1. The van der Waals surface area contributed by atoms with Crippen molar-refractivity contribution in [3.05, 3.63) is 12.0 Å². The fraction of sp³-hybridized carbons (Fsp3) is 0.588. The first-order chi connectivity index (χ1) is 14.8. The van der Waals surface area contributed by atoms with Gasteiger partial charge in [0.25, 0.3) is 5.91 Å². The SMILES string of the molecule is NC(=O)c1[nH]cnc1Nc1nc(N2C[C@H](N)C[C@H](N)C2)nc(N2C[C@H](N)C[C@H](N)C2)n1. The number of nitrogens with one attached hydrogen (secondary N) is 2. The summed E-state index contributed by atoms with van der Waals surface area (Å²) < 4.78 is 0. The van der Waals surface area contributed by atoms with E-state index in [1.54, 1.807) is 0 Å². The Hall–Kier alpha value is -3.07. The minimum absolute atomic E-state index is 0.0926. The van der Waals surface area contributed by atoms with Gasteiger partial charge in [-0.3, -0.25) is 4.79 Å². The van der Waals surface area contributed by atoms with Crippen LogP contribution in [-0.4, -0.2) is 81.2 Å². The summed E-state index contributed by atoms with van der Waals surface area (Å²) in [6.45, 7) is 2.24. The number of rotatable bonds is 5. The first-order valence-electron chi connectivity index (χ1n) is 10.2. The van der Waals surface area contributed by atoms with E-state index < -0.39 is 5.91 Å². The highest BCUT2D eigenvalue weighted by molar-refractivity contribution is 5.96. The number of imidazole rings is 1. The second-order valence-electron chi connectivity index (χ2n) is 8.20. The van der Waals surface area contributed by atoms with Gasteiger partial charge < -0.3 is 48.8 Å². The molecule has 14 nitrogen and oxygen atoms in total. The van der Waals surface area contributed by atoms with Crippen molar-refractivity contribution in [1.82, 2.24) is 24.9 Å². The van der Waals surface area contributed by atoms with Crippen molar-refractivity contribution < 1.29 is 4.79 Å². The van der Waals surface area contributed by atoms with Gasteiger partial charge in [-0.1, -0.05) is 0 Å². The van der Waals surface area contributed by atoms with E-state index in [-0.39, 0.29) is 41.6 Å². The number of primary amides is 1. The number of nitrogens with zero attached hydrogens (tertiary/aromatic N) is 6. The van der Waals surface area contributed by atoms with E-state index in [0.29, 0.717) is 38.1 Å². The number of H-pyrrole nitrogens is 1. The number of nitrogens with two attached hydrogens (primary N) is 5. The largest absolute Gasteiger partial charge is 0.364 e. The number of hydrogen-bond acceptors (Lipinski definition) is 12. The molecule has 0 bridgehead atoms. The first-order valence-corrected chi connectivity index (χ1v) is 10.2. The summed E-state index contributed by atoms with van der Waals surface area (Å²) >= 11 is 0. The van der Waals surface area contributed by atoms with Crippen LogP contribution >= 0.6 is 0 Å². The predicted molar refractivity (Wildman–Crippen MR) is 116 cm³/mol. The van der Waals surface area contributed by atoms with Crippen molar-refractivity contribution in [3.63, 3.8) is 0 Å². The fourth-order valence-corrected chi connectivity index (χ4v) is 4.06. The Morgan fingerprint density at radius 3 is 1.84 bits per heavy atom.